The molecule has 0 heterocycles. The molecule has 5 nitrogen and oxygen atoms in total. The fraction of sp³-hybridized carbons (Fsp3) is 0.467. The first-order valence-corrected chi connectivity index (χ1v) is 6.73. The van der Waals surface area contributed by atoms with E-state index in [-0.39, 0.29) is 12.6 Å². The van der Waals surface area contributed by atoms with Crippen molar-refractivity contribution in [2.75, 3.05) is 11.9 Å². The average molecular weight is 273 g/mol. The monoisotopic (exact) mass is 273 g/mol. The highest BCUT2D eigenvalue weighted by Gasteiger charge is 2.42. The normalized spacial score (nSPS) is 16.9. The Morgan fingerprint density at radius 3 is 2.60 bits per heavy atom. The topological polar surface area (TPSA) is 85.2 Å². The molecule has 2 rings (SSSR count). The van der Waals surface area contributed by atoms with E-state index in [1.54, 1.807) is 12.1 Å². The van der Waals surface area contributed by atoms with Gasteiger partial charge in [0, 0.05) is 5.69 Å². The van der Waals surface area contributed by atoms with Crippen molar-refractivity contribution in [3.63, 3.8) is 0 Å². The Kier molecular flexibility index (Phi) is 4.26. The second-order valence-corrected chi connectivity index (χ2v) is 5.46. The van der Waals surface area contributed by atoms with Crippen LogP contribution in [0.15, 0.2) is 24.3 Å². The molecule has 3 N–H and O–H groups in total. The first-order valence-electron chi connectivity index (χ1n) is 6.73. The molecule has 20 heavy (non-hydrogen) atoms. The molecule has 1 atom stereocenters. The number of nitrogens with one attached hydrogen (secondary N) is 2. The molecule has 0 aromatic heterocycles. The van der Waals surface area contributed by atoms with Crippen molar-refractivity contribution in [3.8, 4) is 6.07 Å². The summed E-state index contributed by atoms with van der Waals surface area (Å²) in [6.07, 6.45) is 2.44. The molecule has 1 aliphatic rings. The Bertz CT molecular complexity index is 517. The van der Waals surface area contributed by atoms with E-state index in [2.05, 4.69) is 16.7 Å². The van der Waals surface area contributed by atoms with Crippen LogP contribution in [0.5, 0.6) is 0 Å². The number of nitriles is 1. The van der Waals surface area contributed by atoms with Crippen molar-refractivity contribution in [3.05, 3.63) is 29.8 Å². The molecular formula is C15H19N3O2. The van der Waals surface area contributed by atoms with Crippen molar-refractivity contribution in [2.45, 2.75) is 31.7 Å². The standard InChI is InChI=1S/C15H19N3O2/c1-15(10-19,12-4-5-12)18-14(20)17-13-6-2-11(3-7-13)8-9-16/h2-3,6-7,12,19H,4-5,8,10H2,1H3,(H2,17,18,20). The Labute approximate surface area is 118 Å². The Hall–Kier alpha value is -2.06. The van der Waals surface area contributed by atoms with Crippen LogP contribution in [0.2, 0.25) is 0 Å². The van der Waals surface area contributed by atoms with E-state index in [0.29, 0.717) is 18.0 Å². The Morgan fingerprint density at radius 2 is 2.10 bits per heavy atom. The molecule has 0 saturated heterocycles. The van der Waals surface area contributed by atoms with E-state index < -0.39 is 5.54 Å². The second kappa shape index (κ2) is 5.93. The van der Waals surface area contributed by atoms with Crippen LogP contribution >= 0.6 is 0 Å². The second-order valence-electron chi connectivity index (χ2n) is 5.46. The first-order chi connectivity index (χ1) is 9.57. The van der Waals surface area contributed by atoms with Gasteiger partial charge in [-0.1, -0.05) is 12.1 Å². The first kappa shape index (κ1) is 14.4. The molecule has 1 saturated carbocycles. The van der Waals surface area contributed by atoms with Crippen LogP contribution in [-0.2, 0) is 6.42 Å². The van der Waals surface area contributed by atoms with Gasteiger partial charge in [-0.2, -0.15) is 5.26 Å². The Balaban J connectivity index is 1.92. The van der Waals surface area contributed by atoms with Crippen molar-refractivity contribution in [1.29, 1.82) is 5.26 Å². The van der Waals surface area contributed by atoms with Gasteiger partial charge in [0.05, 0.1) is 24.6 Å². The number of hydrogen-bond donors (Lipinski definition) is 3. The van der Waals surface area contributed by atoms with Crippen LogP contribution in [0.1, 0.15) is 25.3 Å². The molecule has 1 unspecified atom stereocenters. The number of rotatable bonds is 5. The number of anilines is 1. The molecule has 5 heteroatoms. The number of hydrogen-bond acceptors (Lipinski definition) is 3. The van der Waals surface area contributed by atoms with Gasteiger partial charge in [0.2, 0.25) is 0 Å². The highest BCUT2D eigenvalue weighted by atomic mass is 16.3. The number of carbonyl (C=O) groups is 1. The van der Waals surface area contributed by atoms with E-state index in [9.17, 15) is 9.90 Å². The number of carbonyl (C=O) groups excluding carboxylic acids is 1. The van der Waals surface area contributed by atoms with Gasteiger partial charge in [0.15, 0.2) is 0 Å². The van der Waals surface area contributed by atoms with Crippen LogP contribution in [-0.4, -0.2) is 23.3 Å². The summed E-state index contributed by atoms with van der Waals surface area (Å²) in [7, 11) is 0. The van der Waals surface area contributed by atoms with Crippen molar-refractivity contribution in [2.24, 2.45) is 5.92 Å². The maximum absolute atomic E-state index is 11.9. The highest BCUT2D eigenvalue weighted by Crippen LogP contribution is 2.39. The van der Waals surface area contributed by atoms with Crippen molar-refractivity contribution in [1.82, 2.24) is 5.32 Å². The molecule has 0 spiro atoms. The Morgan fingerprint density at radius 1 is 1.45 bits per heavy atom. The molecule has 106 valence electrons. The summed E-state index contributed by atoms with van der Waals surface area (Å²) < 4.78 is 0. The number of aliphatic hydroxyl groups is 1. The zero-order chi connectivity index (χ0) is 14.6. The third-order valence-corrected chi connectivity index (χ3v) is 3.70. The van der Waals surface area contributed by atoms with Gasteiger partial charge in [-0.15, -0.1) is 0 Å². The summed E-state index contributed by atoms with van der Waals surface area (Å²) in [5.74, 6) is 0.358. The van der Waals surface area contributed by atoms with Crippen molar-refractivity contribution < 1.29 is 9.90 Å². The summed E-state index contributed by atoms with van der Waals surface area (Å²) in [6.45, 7) is 1.80. The number of urea groups is 1. The fourth-order valence-corrected chi connectivity index (χ4v) is 2.21. The summed E-state index contributed by atoms with van der Waals surface area (Å²) in [5.41, 5.74) is 1.03. The highest BCUT2D eigenvalue weighted by molar-refractivity contribution is 5.89. The lowest BCUT2D eigenvalue weighted by atomic mass is 9.97. The zero-order valence-electron chi connectivity index (χ0n) is 11.5. The van der Waals surface area contributed by atoms with E-state index in [1.807, 2.05) is 19.1 Å². The van der Waals surface area contributed by atoms with Gasteiger partial charge in [0.1, 0.15) is 0 Å². The summed E-state index contributed by atoms with van der Waals surface area (Å²) in [5, 5.41) is 23.6. The van der Waals surface area contributed by atoms with E-state index in [4.69, 9.17) is 5.26 Å². The minimum Gasteiger partial charge on any atom is -0.394 e. The predicted octanol–water partition coefficient (Wildman–Crippen LogP) is 2.04. The third-order valence-electron chi connectivity index (χ3n) is 3.70. The average Bonchev–Trinajstić information content (AvgIpc) is 3.26. The van der Waals surface area contributed by atoms with Gasteiger partial charge in [0.25, 0.3) is 0 Å². The molecule has 0 bridgehead atoms. The minimum absolute atomic E-state index is 0.0633. The lowest BCUT2D eigenvalue weighted by Gasteiger charge is -2.28. The minimum atomic E-state index is -0.551. The van der Waals surface area contributed by atoms with Gasteiger partial charge in [-0.05, 0) is 43.4 Å². The number of aliphatic hydroxyl groups excluding tert-OH is 1. The molecular weight excluding hydrogens is 254 g/mol. The third kappa shape index (κ3) is 3.49. The summed E-state index contributed by atoms with van der Waals surface area (Å²) in [6, 6.07) is 8.90. The number of nitrogens with zero attached hydrogens (tertiary/aromatic N) is 1. The quantitative estimate of drug-likeness (QED) is 0.767. The molecule has 1 aliphatic carbocycles. The van der Waals surface area contributed by atoms with Gasteiger partial charge < -0.3 is 15.7 Å². The van der Waals surface area contributed by atoms with Crippen LogP contribution in [0.25, 0.3) is 0 Å². The number of amides is 2. The largest absolute Gasteiger partial charge is 0.394 e. The van der Waals surface area contributed by atoms with Crippen LogP contribution in [0.4, 0.5) is 10.5 Å². The van der Waals surface area contributed by atoms with Crippen LogP contribution < -0.4 is 10.6 Å². The van der Waals surface area contributed by atoms with E-state index >= 15 is 0 Å². The maximum atomic E-state index is 11.9. The molecule has 0 radical (unpaired) electrons. The zero-order valence-corrected chi connectivity index (χ0v) is 11.5. The van der Waals surface area contributed by atoms with E-state index in [1.165, 1.54) is 0 Å². The smallest absolute Gasteiger partial charge is 0.319 e. The molecule has 0 aliphatic heterocycles. The molecule has 1 aromatic rings. The fourth-order valence-electron chi connectivity index (χ4n) is 2.21. The van der Waals surface area contributed by atoms with Gasteiger partial charge >= 0.3 is 6.03 Å². The molecule has 2 amide bonds. The lowest BCUT2D eigenvalue weighted by Crippen LogP contribution is -2.52. The molecule has 1 aromatic carbocycles. The van der Waals surface area contributed by atoms with Gasteiger partial charge in [-0.3, -0.25) is 0 Å². The molecule has 1 fully saturated rings. The lowest BCUT2D eigenvalue weighted by molar-refractivity contribution is 0.159. The van der Waals surface area contributed by atoms with E-state index in [0.717, 1.165) is 18.4 Å². The summed E-state index contributed by atoms with van der Waals surface area (Å²) >= 11 is 0. The van der Waals surface area contributed by atoms with Crippen molar-refractivity contribution >= 4 is 11.7 Å². The predicted molar refractivity (Wildman–Crippen MR) is 76.1 cm³/mol. The van der Waals surface area contributed by atoms with Gasteiger partial charge in [-0.25, -0.2) is 4.79 Å². The maximum Gasteiger partial charge on any atom is 0.319 e. The van der Waals surface area contributed by atoms with Crippen LogP contribution in [0.3, 0.4) is 0 Å². The summed E-state index contributed by atoms with van der Waals surface area (Å²) in [4.78, 5) is 11.9. The number of benzene rings is 1. The van der Waals surface area contributed by atoms with Crippen LogP contribution in [0, 0.1) is 17.2 Å². The SMILES string of the molecule is CC(CO)(NC(=O)Nc1ccc(CC#N)cc1)C1CC1.